The zero-order valence-electron chi connectivity index (χ0n) is 9.71. The molecule has 3 aliphatic carbocycles. The normalized spacial score (nSPS) is 31.2. The van der Waals surface area contributed by atoms with Gasteiger partial charge in [-0.25, -0.2) is 0 Å². The summed E-state index contributed by atoms with van der Waals surface area (Å²) in [7, 11) is 0. The topological polar surface area (TPSA) is 0 Å². The number of rotatable bonds is 0. The van der Waals surface area contributed by atoms with Crippen LogP contribution in [-0.4, -0.2) is 0 Å². The Kier molecular flexibility index (Phi) is 1.82. The molecular weight excluding hydrogens is 192 g/mol. The van der Waals surface area contributed by atoms with E-state index in [4.69, 9.17) is 0 Å². The van der Waals surface area contributed by atoms with E-state index in [1.807, 2.05) is 0 Å². The van der Waals surface area contributed by atoms with Crippen LogP contribution in [0.2, 0.25) is 0 Å². The molecule has 0 saturated heterocycles. The van der Waals surface area contributed by atoms with Gasteiger partial charge in [-0.2, -0.15) is 0 Å². The van der Waals surface area contributed by atoms with Gasteiger partial charge in [-0.15, -0.1) is 0 Å². The molecule has 3 aliphatic rings. The van der Waals surface area contributed by atoms with E-state index in [1.54, 1.807) is 21.6 Å². The largest absolute Gasteiger partial charge is 0.0616 e. The molecular formula is C16H18. The lowest BCUT2D eigenvalue weighted by molar-refractivity contribution is 0.489. The van der Waals surface area contributed by atoms with Crippen molar-refractivity contribution < 1.29 is 0 Å². The van der Waals surface area contributed by atoms with Crippen LogP contribution < -0.4 is 10.4 Å². The van der Waals surface area contributed by atoms with E-state index in [0.717, 1.165) is 11.8 Å². The second-order valence-corrected chi connectivity index (χ2v) is 5.59. The fourth-order valence-corrected chi connectivity index (χ4v) is 4.34. The third-order valence-corrected chi connectivity index (χ3v) is 4.92. The summed E-state index contributed by atoms with van der Waals surface area (Å²) in [4.78, 5) is 0. The van der Waals surface area contributed by atoms with Crippen molar-refractivity contribution >= 4 is 11.1 Å². The zero-order valence-corrected chi connectivity index (χ0v) is 9.71. The third kappa shape index (κ3) is 1.05. The average Bonchev–Trinajstić information content (AvgIpc) is 2.98. The summed E-state index contributed by atoms with van der Waals surface area (Å²) in [5.41, 5.74) is 3.59. The van der Waals surface area contributed by atoms with E-state index < -0.39 is 0 Å². The van der Waals surface area contributed by atoms with Crippen LogP contribution >= 0.6 is 0 Å². The van der Waals surface area contributed by atoms with E-state index in [1.165, 1.54) is 38.5 Å². The molecule has 2 unspecified atom stereocenters. The van der Waals surface area contributed by atoms with Crippen LogP contribution in [0.25, 0.3) is 11.1 Å². The lowest BCUT2D eigenvalue weighted by Gasteiger charge is -2.26. The van der Waals surface area contributed by atoms with Gasteiger partial charge in [0.1, 0.15) is 0 Å². The molecule has 4 rings (SSSR count). The summed E-state index contributed by atoms with van der Waals surface area (Å²) < 4.78 is 0. The molecule has 0 spiro atoms. The molecule has 0 N–H and O–H groups in total. The molecule has 0 heteroatoms. The van der Waals surface area contributed by atoms with Crippen LogP contribution in [0.15, 0.2) is 24.3 Å². The highest BCUT2D eigenvalue weighted by molar-refractivity contribution is 5.64. The van der Waals surface area contributed by atoms with Crippen LogP contribution in [0.4, 0.5) is 0 Å². The van der Waals surface area contributed by atoms with Crippen LogP contribution in [0.5, 0.6) is 0 Å². The quantitative estimate of drug-likeness (QED) is 0.617. The van der Waals surface area contributed by atoms with Gasteiger partial charge in [0.15, 0.2) is 0 Å². The Hall–Kier alpha value is -1.04. The molecule has 0 bridgehead atoms. The van der Waals surface area contributed by atoms with Crippen molar-refractivity contribution in [3.63, 3.8) is 0 Å². The van der Waals surface area contributed by atoms with Crippen LogP contribution in [-0.2, 0) is 0 Å². The van der Waals surface area contributed by atoms with Gasteiger partial charge in [-0.05, 0) is 60.8 Å². The predicted octanol–water partition coefficient (Wildman–Crippen LogP) is 2.60. The van der Waals surface area contributed by atoms with Gasteiger partial charge >= 0.3 is 0 Å². The van der Waals surface area contributed by atoms with Gasteiger partial charge in [0, 0.05) is 0 Å². The van der Waals surface area contributed by atoms with E-state index in [-0.39, 0.29) is 0 Å². The molecule has 0 aliphatic heterocycles. The van der Waals surface area contributed by atoms with Crippen LogP contribution in [0.1, 0.15) is 38.5 Å². The van der Waals surface area contributed by atoms with E-state index in [2.05, 4.69) is 24.3 Å². The van der Waals surface area contributed by atoms with Gasteiger partial charge in [-0.1, -0.05) is 35.4 Å². The number of benzene rings is 1. The van der Waals surface area contributed by atoms with Crippen LogP contribution in [0, 0.1) is 11.8 Å². The molecule has 2 saturated carbocycles. The smallest absolute Gasteiger partial charge is 0.0128 e. The van der Waals surface area contributed by atoms with Crippen molar-refractivity contribution in [2.45, 2.75) is 38.5 Å². The summed E-state index contributed by atoms with van der Waals surface area (Å²) in [6.45, 7) is 0. The molecule has 0 aromatic heterocycles. The Morgan fingerprint density at radius 1 is 0.750 bits per heavy atom. The first-order valence-electron chi connectivity index (χ1n) is 6.76. The molecule has 0 radical (unpaired) electrons. The second kappa shape index (κ2) is 3.23. The first-order valence-corrected chi connectivity index (χ1v) is 6.76. The Morgan fingerprint density at radius 2 is 1.25 bits per heavy atom. The molecule has 2 fully saturated rings. The second-order valence-electron chi connectivity index (χ2n) is 5.59. The fraction of sp³-hybridized carbons (Fsp3) is 0.500. The first-order chi connectivity index (χ1) is 7.95. The SMILES string of the molecule is c1ccc2c(c1)=C1CCCC1C1CCCC=21. The monoisotopic (exact) mass is 210 g/mol. The maximum absolute atomic E-state index is 2.37. The summed E-state index contributed by atoms with van der Waals surface area (Å²) in [6.07, 6.45) is 8.50. The molecule has 16 heavy (non-hydrogen) atoms. The maximum Gasteiger partial charge on any atom is -0.0128 e. The maximum atomic E-state index is 2.37. The highest BCUT2D eigenvalue weighted by Crippen LogP contribution is 2.47. The minimum Gasteiger partial charge on any atom is -0.0616 e. The summed E-state index contributed by atoms with van der Waals surface area (Å²) in [5, 5.41) is 3.22. The van der Waals surface area contributed by atoms with Crippen LogP contribution in [0.3, 0.4) is 0 Å². The molecule has 2 atom stereocenters. The fourth-order valence-electron chi connectivity index (χ4n) is 4.34. The molecule has 0 amide bonds. The van der Waals surface area contributed by atoms with Gasteiger partial charge in [0.05, 0.1) is 0 Å². The lowest BCUT2D eigenvalue weighted by atomic mass is 9.78. The molecule has 82 valence electrons. The van der Waals surface area contributed by atoms with E-state index in [9.17, 15) is 0 Å². The van der Waals surface area contributed by atoms with Crippen molar-refractivity contribution in [3.8, 4) is 0 Å². The lowest BCUT2D eigenvalue weighted by Crippen LogP contribution is -2.36. The van der Waals surface area contributed by atoms with Crippen molar-refractivity contribution in [2.24, 2.45) is 11.8 Å². The Labute approximate surface area is 96.7 Å². The Balaban J connectivity index is 2.14. The van der Waals surface area contributed by atoms with Gasteiger partial charge in [0.2, 0.25) is 0 Å². The highest BCUT2D eigenvalue weighted by atomic mass is 14.4. The standard InChI is InChI=1S/C16H18/c1-2-6-12-11(5-1)13-7-3-9-15(13)16-10-4-8-14(12)16/h1-2,5-6,15-16H,3-4,7-10H2. The molecule has 1 aromatic rings. The average molecular weight is 210 g/mol. The van der Waals surface area contributed by atoms with E-state index in [0.29, 0.717) is 0 Å². The predicted molar refractivity (Wildman–Crippen MR) is 67.2 cm³/mol. The molecule has 1 aromatic carbocycles. The number of hydrogen-bond acceptors (Lipinski definition) is 0. The highest BCUT2D eigenvalue weighted by Gasteiger charge is 2.36. The molecule has 0 nitrogen and oxygen atoms in total. The van der Waals surface area contributed by atoms with Gasteiger partial charge < -0.3 is 0 Å². The summed E-state index contributed by atoms with van der Waals surface area (Å²) in [5.74, 6) is 1.85. The van der Waals surface area contributed by atoms with E-state index >= 15 is 0 Å². The number of fused-ring (bicyclic) bond motifs is 4. The van der Waals surface area contributed by atoms with Crippen molar-refractivity contribution in [2.75, 3.05) is 0 Å². The summed E-state index contributed by atoms with van der Waals surface area (Å²) >= 11 is 0. The molecule has 0 heterocycles. The Morgan fingerprint density at radius 3 is 1.75 bits per heavy atom. The van der Waals surface area contributed by atoms with Crippen molar-refractivity contribution in [1.82, 2.24) is 0 Å². The first kappa shape index (κ1) is 9.04. The minimum absolute atomic E-state index is 0.924. The number of hydrogen-bond donors (Lipinski definition) is 0. The zero-order chi connectivity index (χ0) is 10.5. The Bertz CT molecular complexity index is 499. The van der Waals surface area contributed by atoms with Gasteiger partial charge in [0.25, 0.3) is 0 Å². The van der Waals surface area contributed by atoms with Gasteiger partial charge in [-0.3, -0.25) is 0 Å². The third-order valence-electron chi connectivity index (χ3n) is 4.92. The minimum atomic E-state index is 0.924. The van der Waals surface area contributed by atoms with Crippen molar-refractivity contribution in [1.29, 1.82) is 0 Å². The van der Waals surface area contributed by atoms with Crippen molar-refractivity contribution in [3.05, 3.63) is 34.7 Å². The summed E-state index contributed by atoms with van der Waals surface area (Å²) in [6, 6.07) is 9.17.